The van der Waals surface area contributed by atoms with Crippen molar-refractivity contribution in [3.05, 3.63) is 28.7 Å². The summed E-state index contributed by atoms with van der Waals surface area (Å²) in [7, 11) is 0. The third-order valence-electron chi connectivity index (χ3n) is 2.36. The number of halogens is 1. The fraction of sp³-hybridized carbons (Fsp3) is 0.455. The highest BCUT2D eigenvalue weighted by Gasteiger charge is 2.11. The van der Waals surface area contributed by atoms with Gasteiger partial charge >= 0.3 is 0 Å². The van der Waals surface area contributed by atoms with E-state index >= 15 is 0 Å². The first-order valence-electron chi connectivity index (χ1n) is 5.60. The molecule has 0 radical (unpaired) electrons. The summed E-state index contributed by atoms with van der Waals surface area (Å²) in [6.45, 7) is 5.87. The summed E-state index contributed by atoms with van der Waals surface area (Å²) in [6, 6.07) is 1.70. The van der Waals surface area contributed by atoms with Gasteiger partial charge < -0.3 is 0 Å². The topological polar surface area (TPSA) is 56.5 Å². The maximum absolute atomic E-state index is 5.92. The molecule has 2 rings (SSSR count). The zero-order chi connectivity index (χ0) is 12.4. The average molecular weight is 252 g/mol. The number of rotatable bonds is 3. The van der Waals surface area contributed by atoms with E-state index < -0.39 is 0 Å². The molecule has 0 amide bonds. The molecule has 0 fully saturated rings. The van der Waals surface area contributed by atoms with E-state index in [0.29, 0.717) is 16.8 Å². The van der Waals surface area contributed by atoms with E-state index in [9.17, 15) is 0 Å². The van der Waals surface area contributed by atoms with E-state index in [1.807, 2.05) is 13.8 Å². The number of hydrogen-bond donors (Lipinski definition) is 0. The Morgan fingerprint density at radius 2 is 1.94 bits per heavy atom. The fourth-order valence-corrected chi connectivity index (χ4v) is 1.80. The van der Waals surface area contributed by atoms with Gasteiger partial charge in [0.1, 0.15) is 16.8 Å². The lowest BCUT2D eigenvalue weighted by molar-refractivity contribution is 0.760. The van der Waals surface area contributed by atoms with Crippen LogP contribution in [-0.2, 0) is 12.8 Å². The lowest BCUT2D eigenvalue weighted by atomic mass is 10.4. The second-order valence-electron chi connectivity index (χ2n) is 3.66. The van der Waals surface area contributed by atoms with E-state index in [1.54, 1.807) is 17.7 Å². The molecule has 0 aromatic carbocycles. The summed E-state index contributed by atoms with van der Waals surface area (Å²) < 4.78 is 1.74. The van der Waals surface area contributed by atoms with Crippen molar-refractivity contribution in [1.29, 1.82) is 0 Å². The first-order chi connectivity index (χ1) is 8.13. The van der Waals surface area contributed by atoms with Gasteiger partial charge in [0.15, 0.2) is 11.6 Å². The first-order valence-corrected chi connectivity index (χ1v) is 5.98. The predicted molar refractivity (Wildman–Crippen MR) is 65.5 cm³/mol. The number of aromatic nitrogens is 5. The van der Waals surface area contributed by atoms with Crippen molar-refractivity contribution in [1.82, 2.24) is 24.7 Å². The molecular formula is C11H14ClN5. The Morgan fingerprint density at radius 1 is 1.18 bits per heavy atom. The van der Waals surface area contributed by atoms with Crippen molar-refractivity contribution >= 4 is 11.6 Å². The molecule has 0 atom stereocenters. The molecule has 2 heterocycles. The summed E-state index contributed by atoms with van der Waals surface area (Å²) in [5, 5.41) is 4.83. The Balaban J connectivity index is 2.54. The van der Waals surface area contributed by atoms with Gasteiger partial charge in [-0.05, 0) is 6.92 Å². The molecule has 0 N–H and O–H groups in total. The molecule has 2 aromatic rings. The van der Waals surface area contributed by atoms with Crippen molar-refractivity contribution in [3.8, 4) is 5.82 Å². The minimum Gasteiger partial charge on any atom is -0.221 e. The molecule has 0 bridgehead atoms. The Morgan fingerprint density at radius 3 is 2.53 bits per heavy atom. The van der Waals surface area contributed by atoms with Gasteiger partial charge in [0, 0.05) is 18.9 Å². The smallest absolute Gasteiger partial charge is 0.160 e. The standard InChI is InChI=1S/C11H14ClN5/c1-4-9-15-10(5-2)17(16-9)11-6-8(12)13-7(3)14-11/h6H,4-5H2,1-3H3. The molecule has 0 spiro atoms. The summed E-state index contributed by atoms with van der Waals surface area (Å²) >= 11 is 5.92. The molecule has 0 aliphatic rings. The molecule has 0 saturated carbocycles. The van der Waals surface area contributed by atoms with Gasteiger partial charge in [-0.2, -0.15) is 4.68 Å². The van der Waals surface area contributed by atoms with Crippen molar-refractivity contribution in [3.63, 3.8) is 0 Å². The van der Waals surface area contributed by atoms with Crippen LogP contribution in [0.5, 0.6) is 0 Å². The molecule has 0 aliphatic heterocycles. The number of nitrogens with zero attached hydrogens (tertiary/aromatic N) is 5. The lowest BCUT2D eigenvalue weighted by Gasteiger charge is -2.04. The molecule has 6 heteroatoms. The van der Waals surface area contributed by atoms with Gasteiger partial charge in [-0.15, -0.1) is 5.10 Å². The van der Waals surface area contributed by atoms with E-state index in [-0.39, 0.29) is 0 Å². The Kier molecular flexibility index (Phi) is 3.38. The molecule has 0 aliphatic carbocycles. The summed E-state index contributed by atoms with van der Waals surface area (Å²) in [5.74, 6) is 3.00. The maximum atomic E-state index is 5.92. The van der Waals surface area contributed by atoms with Crippen LogP contribution in [0, 0.1) is 6.92 Å². The maximum Gasteiger partial charge on any atom is 0.160 e. The number of aryl methyl sites for hydroxylation is 3. The van der Waals surface area contributed by atoms with Crippen molar-refractivity contribution in [2.24, 2.45) is 0 Å². The van der Waals surface area contributed by atoms with Crippen molar-refractivity contribution in [2.75, 3.05) is 0 Å². The van der Waals surface area contributed by atoms with E-state index in [0.717, 1.165) is 24.5 Å². The second kappa shape index (κ2) is 4.79. The van der Waals surface area contributed by atoms with Crippen LogP contribution in [0.2, 0.25) is 5.15 Å². The molecule has 0 unspecified atom stereocenters. The molecule has 17 heavy (non-hydrogen) atoms. The van der Waals surface area contributed by atoms with E-state index in [4.69, 9.17) is 11.6 Å². The van der Waals surface area contributed by atoms with Gasteiger partial charge in [-0.25, -0.2) is 15.0 Å². The quantitative estimate of drug-likeness (QED) is 0.785. The van der Waals surface area contributed by atoms with E-state index in [1.165, 1.54) is 0 Å². The lowest BCUT2D eigenvalue weighted by Crippen LogP contribution is -2.06. The SMILES string of the molecule is CCc1nc(CC)n(-c2cc(Cl)nc(C)n2)n1. The monoisotopic (exact) mass is 251 g/mol. The first kappa shape index (κ1) is 12.0. The zero-order valence-electron chi connectivity index (χ0n) is 10.1. The van der Waals surface area contributed by atoms with Gasteiger partial charge in [0.25, 0.3) is 0 Å². The minimum atomic E-state index is 0.420. The van der Waals surface area contributed by atoms with Crippen LogP contribution >= 0.6 is 11.6 Å². The van der Waals surface area contributed by atoms with Crippen LogP contribution in [0.3, 0.4) is 0 Å². The van der Waals surface area contributed by atoms with Crippen molar-refractivity contribution in [2.45, 2.75) is 33.6 Å². The highest BCUT2D eigenvalue weighted by molar-refractivity contribution is 6.29. The van der Waals surface area contributed by atoms with Crippen LogP contribution in [0.15, 0.2) is 6.07 Å². The average Bonchev–Trinajstić information content (AvgIpc) is 2.70. The molecule has 2 aromatic heterocycles. The van der Waals surface area contributed by atoms with E-state index in [2.05, 4.69) is 20.1 Å². The van der Waals surface area contributed by atoms with Crippen LogP contribution in [-0.4, -0.2) is 24.7 Å². The molecule has 5 nitrogen and oxygen atoms in total. The molecular weight excluding hydrogens is 238 g/mol. The summed E-state index contributed by atoms with van der Waals surface area (Å²) in [4.78, 5) is 12.8. The van der Waals surface area contributed by atoms with Gasteiger partial charge in [0.2, 0.25) is 0 Å². The summed E-state index contributed by atoms with van der Waals surface area (Å²) in [6.07, 6.45) is 1.60. The van der Waals surface area contributed by atoms with Crippen LogP contribution in [0.1, 0.15) is 31.3 Å². The highest BCUT2D eigenvalue weighted by Crippen LogP contribution is 2.13. The Labute approximate surface area is 105 Å². The fourth-order valence-electron chi connectivity index (χ4n) is 1.58. The Bertz CT molecular complexity index is 514. The van der Waals surface area contributed by atoms with Gasteiger partial charge in [0.05, 0.1) is 0 Å². The molecule has 90 valence electrons. The zero-order valence-corrected chi connectivity index (χ0v) is 10.9. The molecule has 0 saturated heterocycles. The normalized spacial score (nSPS) is 10.8. The second-order valence-corrected chi connectivity index (χ2v) is 4.05. The Hall–Kier alpha value is -1.49. The van der Waals surface area contributed by atoms with Gasteiger partial charge in [-0.1, -0.05) is 25.4 Å². The van der Waals surface area contributed by atoms with Crippen molar-refractivity contribution < 1.29 is 0 Å². The third kappa shape index (κ3) is 2.44. The van der Waals surface area contributed by atoms with Crippen LogP contribution in [0.4, 0.5) is 0 Å². The largest absolute Gasteiger partial charge is 0.221 e. The number of hydrogen-bond acceptors (Lipinski definition) is 4. The predicted octanol–water partition coefficient (Wildman–Crippen LogP) is 2.14. The summed E-state index contributed by atoms with van der Waals surface area (Å²) in [5.41, 5.74) is 0. The third-order valence-corrected chi connectivity index (χ3v) is 2.55. The van der Waals surface area contributed by atoms with Crippen LogP contribution in [0.25, 0.3) is 5.82 Å². The van der Waals surface area contributed by atoms with Gasteiger partial charge in [-0.3, -0.25) is 0 Å². The highest BCUT2D eigenvalue weighted by atomic mass is 35.5. The van der Waals surface area contributed by atoms with Crippen LogP contribution < -0.4 is 0 Å². The minimum absolute atomic E-state index is 0.420.